The molecular formula is C16H35ClO4S. The quantitative estimate of drug-likeness (QED) is 0.244. The summed E-state index contributed by atoms with van der Waals surface area (Å²) < 4.78 is 30.7. The summed E-state index contributed by atoms with van der Waals surface area (Å²) in [6.45, 7) is 6.44. The van der Waals surface area contributed by atoms with Crippen LogP contribution >= 0.6 is 10.7 Å². The van der Waals surface area contributed by atoms with Gasteiger partial charge in [-0.15, -0.1) is 0 Å². The van der Waals surface area contributed by atoms with Gasteiger partial charge >= 0.3 is 9.33 Å². The van der Waals surface area contributed by atoms with Gasteiger partial charge in [-0.1, -0.05) is 78.1 Å². The Morgan fingerprint density at radius 1 is 0.727 bits per heavy atom. The van der Waals surface area contributed by atoms with Crippen molar-refractivity contribution in [2.75, 3.05) is 13.2 Å². The molecule has 0 aliphatic heterocycles. The molecule has 0 spiro atoms. The van der Waals surface area contributed by atoms with Gasteiger partial charge in [0.25, 0.3) is 0 Å². The van der Waals surface area contributed by atoms with Gasteiger partial charge in [-0.2, -0.15) is 8.42 Å². The fourth-order valence-electron chi connectivity index (χ4n) is 2.04. The highest BCUT2D eigenvalue weighted by atomic mass is 35.7. The van der Waals surface area contributed by atoms with E-state index in [1.165, 1.54) is 77.0 Å². The van der Waals surface area contributed by atoms with E-state index >= 15 is 0 Å². The average Bonchev–Trinajstić information content (AvgIpc) is 2.42. The Balaban J connectivity index is 0. The van der Waals surface area contributed by atoms with E-state index in [4.69, 9.17) is 17.7 Å². The second-order valence-electron chi connectivity index (χ2n) is 5.56. The molecule has 0 saturated heterocycles. The molecule has 6 heteroatoms. The van der Waals surface area contributed by atoms with Crippen molar-refractivity contribution >= 4 is 20.0 Å². The molecule has 136 valence electrons. The zero-order valence-corrected chi connectivity index (χ0v) is 15.9. The molecule has 22 heavy (non-hydrogen) atoms. The molecule has 0 fully saturated rings. The van der Waals surface area contributed by atoms with Gasteiger partial charge in [0.2, 0.25) is 0 Å². The van der Waals surface area contributed by atoms with Crippen molar-refractivity contribution in [1.82, 2.24) is 0 Å². The average molecular weight is 359 g/mol. The van der Waals surface area contributed by atoms with E-state index in [1.54, 1.807) is 0 Å². The molecule has 0 heterocycles. The van der Waals surface area contributed by atoms with Gasteiger partial charge in [-0.25, -0.2) is 0 Å². The van der Waals surface area contributed by atoms with Gasteiger partial charge in [0.15, 0.2) is 0 Å². The maximum absolute atomic E-state index is 8.95. The van der Waals surface area contributed by atoms with Gasteiger partial charge in [-0.3, -0.25) is 4.55 Å². The number of hydrogen-bond acceptors (Lipinski definition) is 3. The van der Waals surface area contributed by atoms with Crippen molar-refractivity contribution in [3.63, 3.8) is 0 Å². The zero-order chi connectivity index (χ0) is 17.1. The van der Waals surface area contributed by atoms with E-state index in [2.05, 4.69) is 24.5 Å². The monoisotopic (exact) mass is 358 g/mol. The summed E-state index contributed by atoms with van der Waals surface area (Å²) in [7, 11) is -0.137. The lowest BCUT2D eigenvalue weighted by Gasteiger charge is -2.03. The Kier molecular flexibility index (Phi) is 21.3. The first kappa shape index (κ1) is 24.4. The summed E-state index contributed by atoms with van der Waals surface area (Å²) in [5.41, 5.74) is 0. The molecule has 0 radical (unpaired) electrons. The van der Waals surface area contributed by atoms with E-state index in [9.17, 15) is 0 Å². The Morgan fingerprint density at radius 3 is 1.45 bits per heavy atom. The third-order valence-corrected chi connectivity index (χ3v) is 3.28. The van der Waals surface area contributed by atoms with Crippen molar-refractivity contribution in [3.8, 4) is 0 Å². The van der Waals surface area contributed by atoms with Gasteiger partial charge in [-0.05, 0) is 12.8 Å². The van der Waals surface area contributed by atoms with Gasteiger partial charge in [0, 0.05) is 23.9 Å². The number of ether oxygens (including phenoxy) is 1. The smallest absolute Gasteiger partial charge is 0.353 e. The SMILES string of the molecule is CCCCCCCCCCCCOCCCC.O=S(=O)(O)Cl. The summed E-state index contributed by atoms with van der Waals surface area (Å²) >= 11 is 0. The van der Waals surface area contributed by atoms with Crippen LogP contribution in [0.4, 0.5) is 0 Å². The lowest BCUT2D eigenvalue weighted by atomic mass is 10.1. The topological polar surface area (TPSA) is 63.6 Å². The van der Waals surface area contributed by atoms with Crippen LogP contribution in [0.3, 0.4) is 0 Å². The fraction of sp³-hybridized carbons (Fsp3) is 1.00. The molecular weight excluding hydrogens is 324 g/mol. The van der Waals surface area contributed by atoms with Crippen LogP contribution < -0.4 is 0 Å². The summed E-state index contributed by atoms with van der Waals surface area (Å²) in [5.74, 6) is 0. The third-order valence-electron chi connectivity index (χ3n) is 3.28. The first-order valence-electron chi connectivity index (χ1n) is 8.66. The molecule has 0 aliphatic carbocycles. The zero-order valence-electron chi connectivity index (χ0n) is 14.4. The van der Waals surface area contributed by atoms with Crippen molar-refractivity contribution < 1.29 is 17.7 Å². The van der Waals surface area contributed by atoms with Crippen LogP contribution in [0, 0.1) is 0 Å². The number of unbranched alkanes of at least 4 members (excludes halogenated alkanes) is 10. The molecule has 0 aromatic heterocycles. The van der Waals surface area contributed by atoms with Crippen LogP contribution in [0.15, 0.2) is 0 Å². The molecule has 0 atom stereocenters. The molecule has 0 amide bonds. The molecule has 1 N–H and O–H groups in total. The molecule has 0 aliphatic rings. The lowest BCUT2D eigenvalue weighted by molar-refractivity contribution is 0.127. The summed E-state index contributed by atoms with van der Waals surface area (Å²) in [4.78, 5) is 0. The highest BCUT2D eigenvalue weighted by Gasteiger charge is 1.93. The molecule has 0 aromatic carbocycles. The normalized spacial score (nSPS) is 11.1. The first-order valence-corrected chi connectivity index (χ1v) is 10.9. The van der Waals surface area contributed by atoms with Crippen molar-refractivity contribution in [3.05, 3.63) is 0 Å². The van der Waals surface area contributed by atoms with Gasteiger partial charge in [0.05, 0.1) is 0 Å². The van der Waals surface area contributed by atoms with Crippen LogP contribution in [0.5, 0.6) is 0 Å². The Labute approximate surface area is 142 Å². The first-order chi connectivity index (χ1) is 10.4. The second-order valence-corrected chi connectivity index (χ2v) is 7.55. The third kappa shape index (κ3) is 36.9. The summed E-state index contributed by atoms with van der Waals surface area (Å²) in [5, 5.41) is 0. The summed E-state index contributed by atoms with van der Waals surface area (Å²) in [6.07, 6.45) is 16.5. The fourth-order valence-corrected chi connectivity index (χ4v) is 2.04. The Bertz CT molecular complexity index is 273. The van der Waals surface area contributed by atoms with Crippen LogP contribution in [0.25, 0.3) is 0 Å². The van der Waals surface area contributed by atoms with E-state index in [0.29, 0.717) is 0 Å². The van der Waals surface area contributed by atoms with Crippen LogP contribution in [-0.4, -0.2) is 26.2 Å². The standard InChI is InChI=1S/C16H34O.ClHO3S/c1-3-5-7-8-9-10-11-12-13-14-16-17-15-6-4-2;1-5(2,3)4/h3-16H2,1-2H3;(H,2,3,4). The molecule has 0 rings (SSSR count). The van der Waals surface area contributed by atoms with E-state index in [-0.39, 0.29) is 0 Å². The molecule has 0 aromatic rings. The maximum atomic E-state index is 8.95. The molecule has 0 bridgehead atoms. The van der Waals surface area contributed by atoms with Gasteiger partial charge in [0.1, 0.15) is 0 Å². The Morgan fingerprint density at radius 2 is 1.05 bits per heavy atom. The molecule has 4 nitrogen and oxygen atoms in total. The van der Waals surface area contributed by atoms with Gasteiger partial charge < -0.3 is 4.74 Å². The number of halogens is 1. The van der Waals surface area contributed by atoms with E-state index in [1.807, 2.05) is 0 Å². The highest BCUT2D eigenvalue weighted by Crippen LogP contribution is 2.10. The van der Waals surface area contributed by atoms with Crippen LogP contribution in [-0.2, 0) is 14.1 Å². The van der Waals surface area contributed by atoms with Crippen molar-refractivity contribution in [2.24, 2.45) is 0 Å². The lowest BCUT2D eigenvalue weighted by Crippen LogP contribution is -1.96. The van der Waals surface area contributed by atoms with E-state index in [0.717, 1.165) is 13.2 Å². The second kappa shape index (κ2) is 19.2. The number of rotatable bonds is 14. The highest BCUT2D eigenvalue weighted by molar-refractivity contribution is 8.09. The van der Waals surface area contributed by atoms with Crippen LogP contribution in [0.2, 0.25) is 0 Å². The maximum Gasteiger partial charge on any atom is 0.353 e. The van der Waals surface area contributed by atoms with Crippen molar-refractivity contribution in [2.45, 2.75) is 90.9 Å². The minimum Gasteiger partial charge on any atom is -0.381 e. The van der Waals surface area contributed by atoms with E-state index < -0.39 is 9.33 Å². The minimum atomic E-state index is -4.19. The largest absolute Gasteiger partial charge is 0.381 e. The summed E-state index contributed by atoms with van der Waals surface area (Å²) in [6, 6.07) is 0. The molecule has 0 unspecified atom stereocenters. The molecule has 0 saturated carbocycles. The van der Waals surface area contributed by atoms with Crippen molar-refractivity contribution in [1.29, 1.82) is 0 Å². The predicted molar refractivity (Wildman–Crippen MR) is 95.0 cm³/mol. The minimum absolute atomic E-state index is 0.966. The van der Waals surface area contributed by atoms with Crippen LogP contribution in [0.1, 0.15) is 90.9 Å². The predicted octanol–water partition coefficient (Wildman–Crippen LogP) is 5.75. The number of hydrogen-bond donors (Lipinski definition) is 1. The Hall–Kier alpha value is 0.160.